The molecule has 0 radical (unpaired) electrons. The molecular weight excluding hydrogens is 236 g/mol. The van der Waals surface area contributed by atoms with Gasteiger partial charge in [0.05, 0.1) is 5.69 Å². The lowest BCUT2D eigenvalue weighted by molar-refractivity contribution is 1.02. The summed E-state index contributed by atoms with van der Waals surface area (Å²) in [4.78, 5) is 4.48. The summed E-state index contributed by atoms with van der Waals surface area (Å²) < 4.78 is 0. The second kappa shape index (κ2) is 6.02. The van der Waals surface area contributed by atoms with Gasteiger partial charge >= 0.3 is 0 Å². The van der Waals surface area contributed by atoms with Gasteiger partial charge in [-0.15, -0.1) is 0 Å². The fraction of sp³-hybridized carbons (Fsp3) is 0.133. The van der Waals surface area contributed by atoms with Crippen molar-refractivity contribution in [1.29, 1.82) is 0 Å². The lowest BCUT2D eigenvalue weighted by Gasteiger charge is -2.10. The largest absolute Gasteiger partial charge is 0.325 e. The van der Waals surface area contributed by atoms with Crippen molar-refractivity contribution < 1.29 is 0 Å². The quantitative estimate of drug-likeness (QED) is 0.334. The van der Waals surface area contributed by atoms with E-state index in [1.807, 2.05) is 49.4 Å². The van der Waals surface area contributed by atoms with Crippen LogP contribution in [0.2, 0.25) is 0 Å². The molecule has 0 aromatic heterocycles. The van der Waals surface area contributed by atoms with Gasteiger partial charge in [0.1, 0.15) is 0 Å². The summed E-state index contributed by atoms with van der Waals surface area (Å²) in [6, 6.07) is 15.9. The zero-order valence-corrected chi connectivity index (χ0v) is 11.1. The molecule has 0 atom stereocenters. The number of hydrazine groups is 1. The summed E-state index contributed by atoms with van der Waals surface area (Å²) in [5.74, 6) is 6.02. The van der Waals surface area contributed by atoms with Crippen LogP contribution in [0.25, 0.3) is 0 Å². The number of aliphatic imine (C=N–C) groups is 1. The average molecular weight is 254 g/mol. The topological polar surface area (TPSA) is 62.4 Å². The number of para-hydroxylation sites is 1. The van der Waals surface area contributed by atoms with E-state index in [1.54, 1.807) is 0 Å². The first-order valence-corrected chi connectivity index (χ1v) is 6.13. The van der Waals surface area contributed by atoms with Crippen molar-refractivity contribution in [2.75, 3.05) is 5.32 Å². The third-order valence-electron chi connectivity index (χ3n) is 2.76. The van der Waals surface area contributed by atoms with Gasteiger partial charge in [-0.05, 0) is 37.6 Å². The predicted molar refractivity (Wildman–Crippen MR) is 80.4 cm³/mol. The minimum atomic E-state index is 0.512. The molecule has 0 heterocycles. The smallest absolute Gasteiger partial charge is 0.215 e. The van der Waals surface area contributed by atoms with Gasteiger partial charge in [-0.3, -0.25) is 5.43 Å². The zero-order valence-electron chi connectivity index (χ0n) is 11.1. The van der Waals surface area contributed by atoms with E-state index in [-0.39, 0.29) is 0 Å². The van der Waals surface area contributed by atoms with Crippen LogP contribution in [-0.4, -0.2) is 5.96 Å². The van der Waals surface area contributed by atoms with Gasteiger partial charge in [0.25, 0.3) is 0 Å². The zero-order chi connectivity index (χ0) is 13.7. The molecule has 0 unspecified atom stereocenters. The fourth-order valence-electron chi connectivity index (χ4n) is 1.81. The molecular formula is C15H18N4. The number of nitrogens with zero attached hydrogens (tertiary/aromatic N) is 1. The third kappa shape index (κ3) is 3.56. The Balaban J connectivity index is 2.23. The van der Waals surface area contributed by atoms with Crippen LogP contribution in [0.3, 0.4) is 0 Å². The van der Waals surface area contributed by atoms with Crippen molar-refractivity contribution in [1.82, 2.24) is 5.43 Å². The Morgan fingerprint density at radius 3 is 2.42 bits per heavy atom. The molecule has 4 nitrogen and oxygen atoms in total. The summed E-state index contributed by atoms with van der Waals surface area (Å²) >= 11 is 0. The van der Waals surface area contributed by atoms with Crippen molar-refractivity contribution in [3.8, 4) is 0 Å². The maximum absolute atomic E-state index is 5.51. The van der Waals surface area contributed by atoms with Gasteiger partial charge in [0.2, 0.25) is 5.96 Å². The van der Waals surface area contributed by atoms with Gasteiger partial charge in [0.15, 0.2) is 0 Å². The van der Waals surface area contributed by atoms with Crippen LogP contribution in [-0.2, 0) is 0 Å². The SMILES string of the molecule is Cc1ccc(N=C(NN)Nc2ccccc2)c(C)c1. The first-order chi connectivity index (χ1) is 9.19. The van der Waals surface area contributed by atoms with Crippen LogP contribution >= 0.6 is 0 Å². The number of hydrogen-bond donors (Lipinski definition) is 3. The molecule has 4 N–H and O–H groups in total. The molecule has 0 aliphatic carbocycles. The van der Waals surface area contributed by atoms with Crippen molar-refractivity contribution in [3.63, 3.8) is 0 Å². The standard InChI is InChI=1S/C15H18N4/c1-11-8-9-14(12(2)10-11)18-15(19-16)17-13-6-4-3-5-7-13/h3-10H,16H2,1-2H3,(H2,17,18,19). The van der Waals surface area contributed by atoms with E-state index in [0.29, 0.717) is 5.96 Å². The molecule has 0 spiro atoms. The summed E-state index contributed by atoms with van der Waals surface area (Å²) in [5.41, 5.74) is 6.74. The van der Waals surface area contributed by atoms with E-state index >= 15 is 0 Å². The van der Waals surface area contributed by atoms with Crippen LogP contribution in [0, 0.1) is 13.8 Å². The summed E-state index contributed by atoms with van der Waals surface area (Å²) in [6.07, 6.45) is 0. The molecule has 2 rings (SSSR count). The van der Waals surface area contributed by atoms with Gasteiger partial charge in [-0.1, -0.05) is 35.9 Å². The molecule has 0 saturated carbocycles. The Labute approximate surface area is 113 Å². The number of guanidine groups is 1. The van der Waals surface area contributed by atoms with E-state index in [4.69, 9.17) is 5.84 Å². The van der Waals surface area contributed by atoms with Gasteiger partial charge in [-0.25, -0.2) is 10.8 Å². The van der Waals surface area contributed by atoms with Crippen LogP contribution in [0.5, 0.6) is 0 Å². The minimum Gasteiger partial charge on any atom is -0.325 e. The normalized spacial score (nSPS) is 11.2. The number of nitrogens with one attached hydrogen (secondary N) is 2. The molecule has 98 valence electrons. The number of anilines is 1. The van der Waals surface area contributed by atoms with Crippen LogP contribution in [0.4, 0.5) is 11.4 Å². The Bertz CT molecular complexity index is 576. The van der Waals surface area contributed by atoms with Crippen molar-refractivity contribution in [3.05, 3.63) is 59.7 Å². The fourth-order valence-corrected chi connectivity index (χ4v) is 1.81. The highest BCUT2D eigenvalue weighted by Crippen LogP contribution is 2.19. The minimum absolute atomic E-state index is 0.512. The average Bonchev–Trinajstić information content (AvgIpc) is 2.42. The van der Waals surface area contributed by atoms with Crippen molar-refractivity contribution >= 4 is 17.3 Å². The number of nitrogens with two attached hydrogens (primary N) is 1. The molecule has 2 aromatic rings. The van der Waals surface area contributed by atoms with E-state index < -0.39 is 0 Å². The Kier molecular flexibility index (Phi) is 4.15. The van der Waals surface area contributed by atoms with E-state index in [1.165, 1.54) is 5.56 Å². The highest BCUT2D eigenvalue weighted by molar-refractivity contribution is 5.95. The molecule has 0 aliphatic heterocycles. The van der Waals surface area contributed by atoms with E-state index in [9.17, 15) is 0 Å². The Morgan fingerprint density at radius 1 is 1.05 bits per heavy atom. The summed E-state index contributed by atoms with van der Waals surface area (Å²) in [7, 11) is 0. The molecule has 0 aliphatic rings. The van der Waals surface area contributed by atoms with E-state index in [0.717, 1.165) is 16.9 Å². The van der Waals surface area contributed by atoms with Gasteiger partial charge in [-0.2, -0.15) is 0 Å². The summed E-state index contributed by atoms with van der Waals surface area (Å²) in [6.45, 7) is 4.09. The summed E-state index contributed by atoms with van der Waals surface area (Å²) in [5, 5.41) is 3.13. The molecule has 0 fully saturated rings. The third-order valence-corrected chi connectivity index (χ3v) is 2.76. The Morgan fingerprint density at radius 2 is 1.79 bits per heavy atom. The predicted octanol–water partition coefficient (Wildman–Crippen LogP) is 2.87. The van der Waals surface area contributed by atoms with Crippen LogP contribution in [0.1, 0.15) is 11.1 Å². The maximum atomic E-state index is 5.51. The van der Waals surface area contributed by atoms with Crippen molar-refractivity contribution in [2.24, 2.45) is 10.8 Å². The van der Waals surface area contributed by atoms with Crippen LogP contribution in [0.15, 0.2) is 53.5 Å². The number of aryl methyl sites for hydroxylation is 2. The molecule has 2 aromatic carbocycles. The molecule has 19 heavy (non-hydrogen) atoms. The second-order valence-electron chi connectivity index (χ2n) is 4.39. The van der Waals surface area contributed by atoms with Crippen LogP contribution < -0.4 is 16.6 Å². The number of rotatable bonds is 2. The van der Waals surface area contributed by atoms with Gasteiger partial charge in [0, 0.05) is 5.69 Å². The van der Waals surface area contributed by atoms with E-state index in [2.05, 4.69) is 28.7 Å². The maximum Gasteiger partial charge on any atom is 0.215 e. The second-order valence-corrected chi connectivity index (χ2v) is 4.39. The number of benzene rings is 2. The molecule has 0 bridgehead atoms. The highest BCUT2D eigenvalue weighted by atomic mass is 15.3. The lowest BCUT2D eigenvalue weighted by Crippen LogP contribution is -2.36. The first-order valence-electron chi connectivity index (χ1n) is 6.13. The Hall–Kier alpha value is -2.33. The monoisotopic (exact) mass is 254 g/mol. The number of hydrogen-bond acceptors (Lipinski definition) is 2. The van der Waals surface area contributed by atoms with Crippen molar-refractivity contribution in [2.45, 2.75) is 13.8 Å². The first kappa shape index (κ1) is 13.1. The molecule has 0 saturated heterocycles. The molecule has 4 heteroatoms. The molecule has 0 amide bonds. The van der Waals surface area contributed by atoms with Gasteiger partial charge < -0.3 is 5.32 Å². The highest BCUT2D eigenvalue weighted by Gasteiger charge is 2.01. The lowest BCUT2D eigenvalue weighted by atomic mass is 10.1.